The second kappa shape index (κ2) is 4.74. The van der Waals surface area contributed by atoms with Gasteiger partial charge in [-0.2, -0.15) is 0 Å². The van der Waals surface area contributed by atoms with Crippen LogP contribution in [0.15, 0.2) is 47.4 Å². The Balaban J connectivity index is 2.54. The predicted octanol–water partition coefficient (Wildman–Crippen LogP) is 1.85. The molecule has 0 fully saturated rings. The van der Waals surface area contributed by atoms with E-state index in [0.29, 0.717) is 11.5 Å². The maximum Gasteiger partial charge on any atom is 0.255 e. The summed E-state index contributed by atoms with van der Waals surface area (Å²) in [6.45, 7) is 0. The van der Waals surface area contributed by atoms with E-state index in [-0.39, 0.29) is 5.56 Å². The van der Waals surface area contributed by atoms with Gasteiger partial charge in [-0.05, 0) is 18.2 Å². The largest absolute Gasteiger partial charge is 0.493 e. The van der Waals surface area contributed by atoms with Gasteiger partial charge in [-0.15, -0.1) is 0 Å². The molecule has 0 radical (unpaired) electrons. The van der Waals surface area contributed by atoms with Crippen LogP contribution in [0, 0.1) is 0 Å². The molecule has 0 aliphatic carbocycles. The van der Waals surface area contributed by atoms with Crippen molar-refractivity contribution in [3.63, 3.8) is 0 Å². The van der Waals surface area contributed by atoms with Gasteiger partial charge in [0.2, 0.25) is 0 Å². The molecule has 0 bridgehead atoms. The average Bonchev–Trinajstić information content (AvgIpc) is 2.38. The summed E-state index contributed by atoms with van der Waals surface area (Å²) in [5, 5.41) is 0. The van der Waals surface area contributed by atoms with Crippen molar-refractivity contribution in [1.82, 2.24) is 4.57 Å². The van der Waals surface area contributed by atoms with E-state index in [9.17, 15) is 4.79 Å². The Morgan fingerprint density at radius 1 is 1.00 bits per heavy atom. The molecule has 17 heavy (non-hydrogen) atoms. The Morgan fingerprint density at radius 2 is 1.76 bits per heavy atom. The normalized spacial score (nSPS) is 10.0. The van der Waals surface area contributed by atoms with Crippen LogP contribution in [0.4, 0.5) is 0 Å². The highest BCUT2D eigenvalue weighted by molar-refractivity contribution is 5.48. The summed E-state index contributed by atoms with van der Waals surface area (Å²) in [4.78, 5) is 11.7. The molecule has 2 aromatic rings. The third-order valence-corrected chi connectivity index (χ3v) is 2.47. The number of hydrogen-bond acceptors (Lipinski definition) is 3. The van der Waals surface area contributed by atoms with Gasteiger partial charge < -0.3 is 9.47 Å². The molecule has 1 heterocycles. The van der Waals surface area contributed by atoms with Crippen molar-refractivity contribution in [3.05, 3.63) is 52.9 Å². The van der Waals surface area contributed by atoms with Crippen LogP contribution in [0.25, 0.3) is 5.69 Å². The summed E-state index contributed by atoms with van der Waals surface area (Å²) in [6.07, 6.45) is 1.71. The molecule has 88 valence electrons. The molecule has 4 heteroatoms. The van der Waals surface area contributed by atoms with Crippen LogP contribution in [0.5, 0.6) is 11.5 Å². The molecule has 0 saturated heterocycles. The van der Waals surface area contributed by atoms with Gasteiger partial charge in [-0.25, -0.2) is 0 Å². The molecular formula is C13H13NO3. The summed E-state index contributed by atoms with van der Waals surface area (Å²) < 4.78 is 11.9. The van der Waals surface area contributed by atoms with Crippen molar-refractivity contribution in [2.45, 2.75) is 0 Å². The molecule has 0 saturated carbocycles. The lowest BCUT2D eigenvalue weighted by molar-refractivity contribution is 0.355. The smallest absolute Gasteiger partial charge is 0.255 e. The number of hydrogen-bond donors (Lipinski definition) is 0. The molecule has 1 aromatic heterocycles. The highest BCUT2D eigenvalue weighted by atomic mass is 16.5. The van der Waals surface area contributed by atoms with Crippen molar-refractivity contribution in [1.29, 1.82) is 0 Å². The van der Waals surface area contributed by atoms with Gasteiger partial charge in [0.25, 0.3) is 5.56 Å². The first-order chi connectivity index (χ1) is 8.26. The first-order valence-corrected chi connectivity index (χ1v) is 5.16. The number of aromatic nitrogens is 1. The number of benzene rings is 1. The zero-order valence-corrected chi connectivity index (χ0v) is 9.71. The molecule has 0 unspecified atom stereocenters. The number of nitrogens with zero attached hydrogens (tertiary/aromatic N) is 1. The Morgan fingerprint density at radius 3 is 2.41 bits per heavy atom. The fourth-order valence-electron chi connectivity index (χ4n) is 1.62. The lowest BCUT2D eigenvalue weighted by atomic mass is 10.2. The highest BCUT2D eigenvalue weighted by Gasteiger charge is 2.06. The van der Waals surface area contributed by atoms with Crippen molar-refractivity contribution in [2.75, 3.05) is 14.2 Å². The summed E-state index contributed by atoms with van der Waals surface area (Å²) in [5.74, 6) is 1.24. The van der Waals surface area contributed by atoms with Gasteiger partial charge in [0.05, 0.1) is 19.9 Å². The van der Waals surface area contributed by atoms with Crippen molar-refractivity contribution >= 4 is 0 Å². The molecule has 0 amide bonds. The van der Waals surface area contributed by atoms with E-state index < -0.39 is 0 Å². The maximum absolute atomic E-state index is 11.7. The first kappa shape index (κ1) is 11.3. The Hall–Kier alpha value is -2.23. The van der Waals surface area contributed by atoms with E-state index in [1.54, 1.807) is 49.2 Å². The summed E-state index contributed by atoms with van der Waals surface area (Å²) in [5.41, 5.74) is 0.660. The summed E-state index contributed by atoms with van der Waals surface area (Å²) in [6, 6.07) is 10.4. The zero-order chi connectivity index (χ0) is 12.3. The van der Waals surface area contributed by atoms with Gasteiger partial charge in [-0.1, -0.05) is 6.07 Å². The fourth-order valence-corrected chi connectivity index (χ4v) is 1.62. The number of ether oxygens (including phenoxy) is 2. The molecule has 0 aliphatic rings. The van der Waals surface area contributed by atoms with Gasteiger partial charge >= 0.3 is 0 Å². The predicted molar refractivity (Wildman–Crippen MR) is 65.1 cm³/mol. The summed E-state index contributed by atoms with van der Waals surface area (Å²) >= 11 is 0. The standard InChI is InChI=1S/C13H13NO3/c1-16-11-7-6-10(9-12(11)17-2)14-8-4-3-5-13(14)15/h3-9H,1-2H3. The maximum atomic E-state index is 11.7. The molecule has 4 nitrogen and oxygen atoms in total. The monoisotopic (exact) mass is 231 g/mol. The summed E-state index contributed by atoms with van der Waals surface area (Å²) in [7, 11) is 3.14. The highest BCUT2D eigenvalue weighted by Crippen LogP contribution is 2.28. The van der Waals surface area contributed by atoms with Crippen LogP contribution in [-0.4, -0.2) is 18.8 Å². The van der Waals surface area contributed by atoms with Crippen LogP contribution in [0.2, 0.25) is 0 Å². The van der Waals surface area contributed by atoms with E-state index in [0.717, 1.165) is 5.69 Å². The zero-order valence-electron chi connectivity index (χ0n) is 9.71. The number of pyridine rings is 1. The third-order valence-electron chi connectivity index (χ3n) is 2.47. The van der Waals surface area contributed by atoms with E-state index in [4.69, 9.17) is 9.47 Å². The van der Waals surface area contributed by atoms with Crippen LogP contribution in [0.1, 0.15) is 0 Å². The first-order valence-electron chi connectivity index (χ1n) is 5.16. The minimum absolute atomic E-state index is 0.0836. The van der Waals surface area contributed by atoms with Crippen molar-refractivity contribution in [3.8, 4) is 17.2 Å². The average molecular weight is 231 g/mol. The quantitative estimate of drug-likeness (QED) is 0.809. The van der Waals surface area contributed by atoms with Crippen molar-refractivity contribution < 1.29 is 9.47 Å². The van der Waals surface area contributed by atoms with Crippen LogP contribution in [-0.2, 0) is 0 Å². The van der Waals surface area contributed by atoms with Gasteiger partial charge in [0, 0.05) is 18.3 Å². The lowest BCUT2D eigenvalue weighted by Crippen LogP contribution is -2.15. The lowest BCUT2D eigenvalue weighted by Gasteiger charge is -2.10. The Kier molecular flexibility index (Phi) is 3.14. The third kappa shape index (κ3) is 2.15. The van der Waals surface area contributed by atoms with Crippen LogP contribution in [0.3, 0.4) is 0 Å². The van der Waals surface area contributed by atoms with Crippen molar-refractivity contribution in [2.24, 2.45) is 0 Å². The van der Waals surface area contributed by atoms with Gasteiger partial charge in [-0.3, -0.25) is 9.36 Å². The second-order valence-corrected chi connectivity index (χ2v) is 3.45. The Bertz CT molecular complexity index is 575. The molecule has 0 spiro atoms. The SMILES string of the molecule is COc1ccc(-n2ccccc2=O)cc1OC. The molecule has 0 atom stereocenters. The minimum atomic E-state index is -0.0836. The molecule has 2 rings (SSSR count). The van der Waals surface area contributed by atoms with E-state index in [1.165, 1.54) is 6.07 Å². The molecular weight excluding hydrogens is 218 g/mol. The second-order valence-electron chi connectivity index (χ2n) is 3.45. The number of methoxy groups -OCH3 is 2. The molecule has 0 N–H and O–H groups in total. The topological polar surface area (TPSA) is 40.5 Å². The minimum Gasteiger partial charge on any atom is -0.493 e. The van der Waals surface area contributed by atoms with E-state index in [2.05, 4.69) is 0 Å². The molecule has 1 aromatic carbocycles. The fraction of sp³-hybridized carbons (Fsp3) is 0.154. The van der Waals surface area contributed by atoms with Crippen LogP contribution < -0.4 is 15.0 Å². The van der Waals surface area contributed by atoms with E-state index >= 15 is 0 Å². The Labute approximate surface area is 99.0 Å². The van der Waals surface area contributed by atoms with E-state index in [1.807, 2.05) is 6.07 Å². The van der Waals surface area contributed by atoms with Gasteiger partial charge in [0.1, 0.15) is 0 Å². The van der Waals surface area contributed by atoms with Crippen LogP contribution >= 0.6 is 0 Å². The number of rotatable bonds is 3. The van der Waals surface area contributed by atoms with Gasteiger partial charge in [0.15, 0.2) is 11.5 Å². The molecule has 0 aliphatic heterocycles.